The number of hydrogen-bond donors (Lipinski definition) is 3. The molecule has 0 radical (unpaired) electrons. The number of nitrogens with one attached hydrogen (secondary N) is 2. The van der Waals surface area contributed by atoms with E-state index in [4.69, 9.17) is 0 Å². The summed E-state index contributed by atoms with van der Waals surface area (Å²) in [5, 5.41) is 14.3. The molecule has 0 fully saturated rings. The average molecular weight is 361 g/mol. The van der Waals surface area contributed by atoms with Crippen molar-refractivity contribution in [3.63, 3.8) is 0 Å². The van der Waals surface area contributed by atoms with Crippen molar-refractivity contribution in [2.24, 2.45) is 4.99 Å². The van der Waals surface area contributed by atoms with E-state index in [-0.39, 0.29) is 5.54 Å². The smallest absolute Gasteiger partial charge is 0.328 e. The molecular formula is C22H23N3O2. The lowest BCUT2D eigenvalue weighted by Crippen LogP contribution is -2.50. The lowest BCUT2D eigenvalue weighted by molar-refractivity contribution is -0.138. The van der Waals surface area contributed by atoms with Gasteiger partial charge in [0.15, 0.2) is 6.04 Å². The van der Waals surface area contributed by atoms with Crippen LogP contribution in [0, 0.1) is 0 Å². The number of hydrogen-bond acceptors (Lipinski definition) is 2. The van der Waals surface area contributed by atoms with Gasteiger partial charge in [0.25, 0.3) is 0 Å². The lowest BCUT2D eigenvalue weighted by Gasteiger charge is -2.35. The van der Waals surface area contributed by atoms with Gasteiger partial charge in [0.05, 0.1) is 0 Å². The molecule has 3 aromatic rings. The summed E-state index contributed by atoms with van der Waals surface area (Å²) in [4.78, 5) is 19.8. The number of aliphatic carboxylic acids is 1. The van der Waals surface area contributed by atoms with Crippen molar-refractivity contribution in [1.82, 2.24) is 10.3 Å². The minimum Gasteiger partial charge on any atom is -0.480 e. The third-order valence-corrected chi connectivity index (χ3v) is 5.02. The first-order valence-corrected chi connectivity index (χ1v) is 9.15. The van der Waals surface area contributed by atoms with E-state index in [9.17, 15) is 9.90 Å². The summed E-state index contributed by atoms with van der Waals surface area (Å²) in [6.07, 6.45) is 3.10. The van der Waals surface area contributed by atoms with Crippen molar-refractivity contribution in [3.8, 4) is 0 Å². The van der Waals surface area contributed by atoms with E-state index in [1.165, 1.54) is 5.56 Å². The number of H-pyrrole nitrogens is 1. The highest BCUT2D eigenvalue weighted by Gasteiger charge is 2.30. The standard InChI is InChI=1S/C22H23N3O2/c1-22(2)12-14-7-3-4-9-17(14)20(25-22)24-19(21(26)27)11-15-13-23-18-10-6-5-8-16(15)18/h3-10,13,19,23H,11-12H2,1-2H3,(H,24,25)(H,26,27)/t19-/m0/s1. The number of aliphatic imine (C=N–C) groups is 1. The highest BCUT2D eigenvalue weighted by atomic mass is 16.4. The van der Waals surface area contributed by atoms with E-state index in [2.05, 4.69) is 35.2 Å². The third-order valence-electron chi connectivity index (χ3n) is 5.02. The lowest BCUT2D eigenvalue weighted by atomic mass is 9.87. The second-order valence-electron chi connectivity index (χ2n) is 7.74. The molecular weight excluding hydrogens is 338 g/mol. The molecule has 4 rings (SSSR count). The maximum Gasteiger partial charge on any atom is 0.328 e. The van der Waals surface area contributed by atoms with Crippen molar-refractivity contribution >= 4 is 22.7 Å². The third kappa shape index (κ3) is 3.45. The highest BCUT2D eigenvalue weighted by molar-refractivity contribution is 6.02. The van der Waals surface area contributed by atoms with Gasteiger partial charge in [-0.05, 0) is 37.5 Å². The van der Waals surface area contributed by atoms with Gasteiger partial charge < -0.3 is 15.4 Å². The maximum atomic E-state index is 12.0. The van der Waals surface area contributed by atoms with Crippen LogP contribution in [-0.4, -0.2) is 33.5 Å². The number of aromatic amines is 1. The van der Waals surface area contributed by atoms with Gasteiger partial charge in [-0.15, -0.1) is 0 Å². The Balaban J connectivity index is 1.72. The molecule has 2 heterocycles. The number of para-hydroxylation sites is 1. The fraction of sp³-hybridized carbons (Fsp3) is 0.273. The van der Waals surface area contributed by atoms with Crippen molar-refractivity contribution in [2.75, 3.05) is 0 Å². The Kier molecular flexibility index (Phi) is 4.22. The number of carbonyl (C=O) groups is 1. The fourth-order valence-corrected chi connectivity index (χ4v) is 3.77. The molecule has 0 amide bonds. The minimum atomic E-state index is -0.921. The Morgan fingerprint density at radius 1 is 1.19 bits per heavy atom. The zero-order valence-electron chi connectivity index (χ0n) is 15.5. The van der Waals surface area contributed by atoms with Crippen molar-refractivity contribution in [2.45, 2.75) is 38.3 Å². The molecule has 0 saturated heterocycles. The number of aromatic nitrogens is 1. The van der Waals surface area contributed by atoms with E-state index >= 15 is 0 Å². The first-order valence-electron chi connectivity index (χ1n) is 9.15. The van der Waals surface area contributed by atoms with Gasteiger partial charge in [-0.25, -0.2) is 4.79 Å². The molecule has 0 aliphatic carbocycles. The topological polar surface area (TPSA) is 77.5 Å². The maximum absolute atomic E-state index is 12.0. The van der Waals surface area contributed by atoms with Crippen molar-refractivity contribution in [1.29, 1.82) is 0 Å². The van der Waals surface area contributed by atoms with Crippen LogP contribution >= 0.6 is 0 Å². The molecule has 3 N–H and O–H groups in total. The molecule has 27 heavy (non-hydrogen) atoms. The Morgan fingerprint density at radius 3 is 2.74 bits per heavy atom. The summed E-state index contributed by atoms with van der Waals surface area (Å²) < 4.78 is 0. The van der Waals surface area contributed by atoms with Gasteiger partial charge in [-0.2, -0.15) is 0 Å². The Morgan fingerprint density at radius 2 is 1.93 bits per heavy atom. The fourth-order valence-electron chi connectivity index (χ4n) is 3.77. The summed E-state index contributed by atoms with van der Waals surface area (Å²) >= 11 is 0. The van der Waals surface area contributed by atoms with Crippen LogP contribution in [0.15, 0.2) is 59.7 Å². The number of carboxylic acid groups (broad SMARTS) is 1. The van der Waals surface area contributed by atoms with E-state index in [1.54, 1.807) is 0 Å². The zero-order chi connectivity index (χ0) is 19.0. The summed E-state index contributed by atoms with van der Waals surface area (Å²) in [6.45, 7) is 4.21. The van der Waals surface area contributed by atoms with E-state index in [0.29, 0.717) is 12.3 Å². The van der Waals surface area contributed by atoms with E-state index in [1.807, 2.05) is 48.7 Å². The van der Waals surface area contributed by atoms with E-state index in [0.717, 1.165) is 28.5 Å². The molecule has 0 bridgehead atoms. The van der Waals surface area contributed by atoms with Gasteiger partial charge in [-0.1, -0.05) is 42.5 Å². The molecule has 0 unspecified atom stereocenters. The minimum absolute atomic E-state index is 0.170. The Hall–Kier alpha value is -3.08. The molecule has 1 atom stereocenters. The number of carboxylic acids is 1. The van der Waals surface area contributed by atoms with Gasteiger partial charge in [0.2, 0.25) is 0 Å². The second-order valence-corrected chi connectivity index (χ2v) is 7.74. The van der Waals surface area contributed by atoms with Crippen LogP contribution in [0.1, 0.15) is 30.5 Å². The number of amidine groups is 1. The first-order chi connectivity index (χ1) is 12.9. The van der Waals surface area contributed by atoms with Gasteiger partial charge in [-0.3, -0.25) is 4.99 Å². The molecule has 5 nitrogen and oxygen atoms in total. The SMILES string of the molecule is CC1(C)Cc2ccccc2C(=N[C@@H](Cc2c[nH]c3ccccc23)C(=O)O)N1. The summed E-state index contributed by atoms with van der Waals surface area (Å²) in [7, 11) is 0. The highest BCUT2D eigenvalue weighted by Crippen LogP contribution is 2.25. The number of benzene rings is 2. The van der Waals surface area contributed by atoms with Crippen LogP contribution in [0.25, 0.3) is 10.9 Å². The van der Waals surface area contributed by atoms with Crippen LogP contribution < -0.4 is 5.32 Å². The second kappa shape index (κ2) is 6.58. The van der Waals surface area contributed by atoms with E-state index < -0.39 is 12.0 Å². The Bertz CT molecular complexity index is 1030. The van der Waals surface area contributed by atoms with Crippen LogP contribution in [0.3, 0.4) is 0 Å². The van der Waals surface area contributed by atoms with Crippen LogP contribution in [0.4, 0.5) is 0 Å². The quantitative estimate of drug-likeness (QED) is 0.665. The predicted octanol–water partition coefficient (Wildman–Crippen LogP) is 3.53. The monoisotopic (exact) mass is 361 g/mol. The first kappa shape index (κ1) is 17.3. The number of rotatable bonds is 4. The molecule has 1 aliphatic rings. The van der Waals surface area contributed by atoms with Crippen LogP contribution in [-0.2, 0) is 17.6 Å². The number of fused-ring (bicyclic) bond motifs is 2. The summed E-state index contributed by atoms with van der Waals surface area (Å²) in [6, 6.07) is 15.1. The summed E-state index contributed by atoms with van der Waals surface area (Å²) in [5.74, 6) is -0.260. The van der Waals surface area contributed by atoms with Crippen LogP contribution in [0.5, 0.6) is 0 Å². The molecule has 5 heteroatoms. The summed E-state index contributed by atoms with van der Waals surface area (Å²) in [5.41, 5.74) is 3.98. The average Bonchev–Trinajstić information content (AvgIpc) is 3.03. The van der Waals surface area contributed by atoms with Crippen molar-refractivity contribution in [3.05, 3.63) is 71.4 Å². The molecule has 2 aromatic carbocycles. The Labute approximate surface area is 158 Å². The molecule has 1 aliphatic heterocycles. The largest absolute Gasteiger partial charge is 0.480 e. The van der Waals surface area contributed by atoms with Gasteiger partial charge in [0, 0.05) is 34.6 Å². The van der Waals surface area contributed by atoms with Gasteiger partial charge in [0.1, 0.15) is 5.84 Å². The number of nitrogens with zero attached hydrogens (tertiary/aromatic N) is 1. The van der Waals surface area contributed by atoms with Crippen molar-refractivity contribution < 1.29 is 9.90 Å². The normalized spacial score (nSPS) is 18.1. The van der Waals surface area contributed by atoms with Gasteiger partial charge >= 0.3 is 5.97 Å². The predicted molar refractivity (Wildman–Crippen MR) is 107 cm³/mol. The zero-order valence-corrected chi connectivity index (χ0v) is 15.5. The molecule has 138 valence electrons. The molecule has 0 saturated carbocycles. The van der Waals surface area contributed by atoms with Crippen LogP contribution in [0.2, 0.25) is 0 Å². The molecule has 0 spiro atoms. The molecule has 1 aromatic heterocycles.